The summed E-state index contributed by atoms with van der Waals surface area (Å²) in [6, 6.07) is 44.0. The van der Waals surface area contributed by atoms with Crippen molar-refractivity contribution in [1.29, 1.82) is 0 Å². The zero-order valence-corrected chi connectivity index (χ0v) is 24.8. The summed E-state index contributed by atoms with van der Waals surface area (Å²) in [6.45, 7) is 0. The Kier molecular flexibility index (Phi) is 4.94. The molecule has 2 nitrogen and oxygen atoms in total. The highest BCUT2D eigenvalue weighted by molar-refractivity contribution is 7.26. The fourth-order valence-electron chi connectivity index (χ4n) is 6.22. The Hall–Kier alpha value is -5.64. The van der Waals surface area contributed by atoms with E-state index in [0.29, 0.717) is 5.56 Å². The van der Waals surface area contributed by atoms with Gasteiger partial charge < -0.3 is 9.32 Å². The van der Waals surface area contributed by atoms with Crippen LogP contribution in [0.3, 0.4) is 0 Å². The van der Waals surface area contributed by atoms with Gasteiger partial charge in [0.25, 0.3) is 0 Å². The van der Waals surface area contributed by atoms with Crippen LogP contribution in [0.1, 0.15) is 6.85 Å². The summed E-state index contributed by atoms with van der Waals surface area (Å²) < 4.78 is 49.4. The van der Waals surface area contributed by atoms with E-state index in [0.717, 1.165) is 50.1 Å². The fraction of sp³-hybridized carbons (Fsp3) is 0. The van der Waals surface area contributed by atoms with E-state index in [9.17, 15) is 0 Å². The topological polar surface area (TPSA) is 16.4 Å². The Morgan fingerprint density at radius 2 is 1.11 bits per heavy atom. The van der Waals surface area contributed by atoms with Crippen LogP contribution in [0.4, 0.5) is 17.1 Å². The van der Waals surface area contributed by atoms with Gasteiger partial charge in [0, 0.05) is 37.6 Å². The zero-order chi connectivity index (χ0) is 34.1. The van der Waals surface area contributed by atoms with Crippen LogP contribution in [-0.4, -0.2) is 0 Å². The molecule has 7 aromatic carbocycles. The van der Waals surface area contributed by atoms with Gasteiger partial charge in [-0.25, -0.2) is 0 Å². The average Bonchev–Trinajstić information content (AvgIpc) is 3.73. The molecule has 3 heteroatoms. The van der Waals surface area contributed by atoms with E-state index < -0.39 is 6.04 Å². The van der Waals surface area contributed by atoms with Crippen LogP contribution in [0.5, 0.6) is 0 Å². The standard InChI is InChI=1S/C42H27NOS/c1-2-9-28(10-3-1)29-17-19-30(20-18-29)31-21-23-32(24-22-31)43(33-25-26-40-37(27-33)34-11-4-6-15-39(34)44-40)38-14-8-13-36-35-12-5-7-16-41(35)45-42(36)38/h1-27H/i1D,2D,3D,9D,10D. The molecule has 0 atom stereocenters. The molecule has 9 rings (SSSR count). The molecular formula is C42H27NOS. The van der Waals surface area contributed by atoms with Crippen LogP contribution in [0.15, 0.2) is 168 Å². The Bertz CT molecular complexity index is 2740. The van der Waals surface area contributed by atoms with E-state index in [4.69, 9.17) is 11.3 Å². The number of para-hydroxylation sites is 1. The highest BCUT2D eigenvalue weighted by Crippen LogP contribution is 2.46. The van der Waals surface area contributed by atoms with E-state index in [1.807, 2.05) is 48.5 Å². The molecule has 0 unspecified atom stereocenters. The maximum Gasteiger partial charge on any atom is 0.135 e. The predicted molar refractivity (Wildman–Crippen MR) is 192 cm³/mol. The number of nitrogens with zero attached hydrogens (tertiary/aromatic N) is 1. The monoisotopic (exact) mass is 598 g/mol. The van der Waals surface area contributed by atoms with Crippen molar-refractivity contribution >= 4 is 70.5 Å². The number of hydrogen-bond donors (Lipinski definition) is 0. The van der Waals surface area contributed by atoms with Gasteiger partial charge in [-0.3, -0.25) is 0 Å². The van der Waals surface area contributed by atoms with Gasteiger partial charge in [-0.15, -0.1) is 11.3 Å². The van der Waals surface area contributed by atoms with Gasteiger partial charge >= 0.3 is 0 Å². The smallest absolute Gasteiger partial charge is 0.135 e. The lowest BCUT2D eigenvalue weighted by Crippen LogP contribution is -2.10. The lowest BCUT2D eigenvalue weighted by atomic mass is 10.00. The van der Waals surface area contributed by atoms with Crippen molar-refractivity contribution in [2.45, 2.75) is 0 Å². The second-order valence-electron chi connectivity index (χ2n) is 11.0. The minimum absolute atomic E-state index is 0.200. The molecule has 0 fully saturated rings. The van der Waals surface area contributed by atoms with Gasteiger partial charge in [0.2, 0.25) is 0 Å². The molecule has 212 valence electrons. The first-order chi connectivity index (χ1) is 24.4. The van der Waals surface area contributed by atoms with Crippen LogP contribution in [-0.2, 0) is 0 Å². The largest absolute Gasteiger partial charge is 0.456 e. The lowest BCUT2D eigenvalue weighted by Gasteiger charge is -2.26. The van der Waals surface area contributed by atoms with Crippen molar-refractivity contribution in [3.8, 4) is 22.3 Å². The minimum Gasteiger partial charge on any atom is -0.456 e. The van der Waals surface area contributed by atoms with Gasteiger partial charge in [0.15, 0.2) is 0 Å². The molecule has 0 aliphatic heterocycles. The average molecular weight is 599 g/mol. The Morgan fingerprint density at radius 3 is 1.91 bits per heavy atom. The van der Waals surface area contributed by atoms with Gasteiger partial charge in [-0.2, -0.15) is 0 Å². The number of fused-ring (bicyclic) bond motifs is 6. The van der Waals surface area contributed by atoms with E-state index in [2.05, 4.69) is 89.8 Å². The summed E-state index contributed by atoms with van der Waals surface area (Å²) in [6.07, 6.45) is 0. The number of hydrogen-bond acceptors (Lipinski definition) is 3. The first kappa shape index (κ1) is 21.1. The summed E-state index contributed by atoms with van der Waals surface area (Å²) in [7, 11) is 0. The van der Waals surface area contributed by atoms with Crippen molar-refractivity contribution in [3.63, 3.8) is 0 Å². The molecule has 9 aromatic rings. The van der Waals surface area contributed by atoms with Gasteiger partial charge in [0.05, 0.1) is 17.2 Å². The van der Waals surface area contributed by atoms with E-state index in [1.165, 1.54) is 20.2 Å². The van der Waals surface area contributed by atoms with Crippen molar-refractivity contribution < 1.29 is 11.3 Å². The molecule has 2 heterocycles. The first-order valence-corrected chi connectivity index (χ1v) is 15.6. The van der Waals surface area contributed by atoms with Crippen molar-refractivity contribution in [3.05, 3.63) is 164 Å². The zero-order valence-electron chi connectivity index (χ0n) is 29.0. The quantitative estimate of drug-likeness (QED) is 0.196. The van der Waals surface area contributed by atoms with Crippen LogP contribution in [0.25, 0.3) is 64.4 Å². The van der Waals surface area contributed by atoms with Gasteiger partial charge in [-0.1, -0.05) is 115 Å². The van der Waals surface area contributed by atoms with E-state index in [-0.39, 0.29) is 29.7 Å². The third-order valence-electron chi connectivity index (χ3n) is 8.38. The maximum atomic E-state index is 8.37. The van der Waals surface area contributed by atoms with Crippen LogP contribution in [0, 0.1) is 0 Å². The number of thiophene rings is 1. The molecule has 0 aliphatic rings. The molecule has 45 heavy (non-hydrogen) atoms. The third kappa shape index (κ3) is 4.40. The summed E-state index contributed by atoms with van der Waals surface area (Å²) in [4.78, 5) is 2.31. The van der Waals surface area contributed by atoms with Gasteiger partial charge in [0.1, 0.15) is 11.2 Å². The minimum atomic E-state index is -0.392. The van der Waals surface area contributed by atoms with Crippen LogP contribution < -0.4 is 4.90 Å². The molecule has 2 aromatic heterocycles. The Morgan fingerprint density at radius 1 is 0.489 bits per heavy atom. The van der Waals surface area contributed by atoms with E-state index >= 15 is 0 Å². The summed E-state index contributed by atoms with van der Waals surface area (Å²) in [5, 5.41) is 4.60. The summed E-state index contributed by atoms with van der Waals surface area (Å²) in [5.74, 6) is 0. The summed E-state index contributed by atoms with van der Waals surface area (Å²) in [5.41, 5.74) is 7.54. The predicted octanol–water partition coefficient (Wildman–Crippen LogP) is 12.8. The molecule has 0 saturated carbocycles. The second kappa shape index (κ2) is 10.5. The molecule has 0 radical (unpaired) electrons. The number of furan rings is 1. The number of anilines is 3. The normalized spacial score (nSPS) is 13.1. The van der Waals surface area contributed by atoms with Crippen molar-refractivity contribution in [2.24, 2.45) is 0 Å². The summed E-state index contributed by atoms with van der Waals surface area (Å²) >= 11 is 1.80. The SMILES string of the molecule is [2H]c1c([2H])c([2H])c(-c2ccc(-c3ccc(N(c4ccc5oc6ccccc6c5c4)c4cccc5c4sc4ccccc45)cc3)cc2)c([2H])c1[2H]. The van der Waals surface area contributed by atoms with Crippen molar-refractivity contribution in [2.75, 3.05) is 4.90 Å². The highest BCUT2D eigenvalue weighted by atomic mass is 32.1. The fourth-order valence-corrected chi connectivity index (χ4v) is 7.42. The Labute approximate surface area is 272 Å². The van der Waals surface area contributed by atoms with Crippen LogP contribution in [0.2, 0.25) is 0 Å². The lowest BCUT2D eigenvalue weighted by molar-refractivity contribution is 0.669. The van der Waals surface area contributed by atoms with Crippen molar-refractivity contribution in [1.82, 2.24) is 0 Å². The first-order valence-electron chi connectivity index (χ1n) is 17.3. The van der Waals surface area contributed by atoms with E-state index in [1.54, 1.807) is 11.3 Å². The second-order valence-corrected chi connectivity index (χ2v) is 12.0. The molecule has 0 bridgehead atoms. The number of benzene rings is 7. The molecule has 0 amide bonds. The highest BCUT2D eigenvalue weighted by Gasteiger charge is 2.19. The molecule has 0 aliphatic carbocycles. The molecule has 0 spiro atoms. The molecular weight excluding hydrogens is 567 g/mol. The van der Waals surface area contributed by atoms with Crippen LogP contribution >= 0.6 is 11.3 Å². The number of rotatable bonds is 5. The third-order valence-corrected chi connectivity index (χ3v) is 9.58. The Balaban J connectivity index is 1.16. The molecule has 0 saturated heterocycles. The molecule has 0 N–H and O–H groups in total. The van der Waals surface area contributed by atoms with Gasteiger partial charge in [-0.05, 0) is 70.8 Å². The maximum absolute atomic E-state index is 8.37.